The zero-order valence-electron chi connectivity index (χ0n) is 8.41. The van der Waals surface area contributed by atoms with Crippen LogP contribution in [0.5, 0.6) is 0 Å². The van der Waals surface area contributed by atoms with Crippen LogP contribution in [-0.2, 0) is 4.74 Å². The highest BCUT2D eigenvalue weighted by Crippen LogP contribution is 2.33. The Morgan fingerprint density at radius 2 is 2.07 bits per heavy atom. The third-order valence-electron chi connectivity index (χ3n) is 2.43. The Bertz CT molecular complexity index is 339. The van der Waals surface area contributed by atoms with Gasteiger partial charge in [-0.05, 0) is 31.0 Å². The molecule has 15 heavy (non-hydrogen) atoms. The van der Waals surface area contributed by atoms with E-state index in [1.807, 2.05) is 0 Å². The van der Waals surface area contributed by atoms with Crippen molar-refractivity contribution in [1.82, 2.24) is 0 Å². The quantitative estimate of drug-likeness (QED) is 0.789. The SMILES string of the molecule is Nc1cc(F)ccc1SC1CCOCC1. The second-order valence-corrected chi connectivity index (χ2v) is 4.95. The number of benzene rings is 1. The predicted molar refractivity (Wildman–Crippen MR) is 60.5 cm³/mol. The summed E-state index contributed by atoms with van der Waals surface area (Å²) in [5, 5.41) is 0.548. The fourth-order valence-corrected chi connectivity index (χ4v) is 2.73. The highest BCUT2D eigenvalue weighted by atomic mass is 32.2. The first kappa shape index (κ1) is 10.8. The van der Waals surface area contributed by atoms with Crippen molar-refractivity contribution in [2.75, 3.05) is 18.9 Å². The Kier molecular flexibility index (Phi) is 3.49. The first-order valence-corrected chi connectivity index (χ1v) is 5.93. The van der Waals surface area contributed by atoms with Crippen LogP contribution in [0, 0.1) is 5.82 Å². The van der Waals surface area contributed by atoms with Crippen LogP contribution in [0.25, 0.3) is 0 Å². The van der Waals surface area contributed by atoms with Gasteiger partial charge in [0, 0.05) is 29.0 Å². The summed E-state index contributed by atoms with van der Waals surface area (Å²) in [7, 11) is 0. The summed E-state index contributed by atoms with van der Waals surface area (Å²) in [5.41, 5.74) is 6.28. The van der Waals surface area contributed by atoms with Crippen LogP contribution in [0.4, 0.5) is 10.1 Å². The minimum absolute atomic E-state index is 0.274. The first-order chi connectivity index (χ1) is 7.25. The molecule has 0 bridgehead atoms. The molecule has 1 aromatic carbocycles. The number of hydrogen-bond acceptors (Lipinski definition) is 3. The number of thioether (sulfide) groups is 1. The number of rotatable bonds is 2. The summed E-state index contributed by atoms with van der Waals surface area (Å²) >= 11 is 1.73. The Balaban J connectivity index is 2.03. The van der Waals surface area contributed by atoms with E-state index in [-0.39, 0.29) is 5.82 Å². The molecule has 1 heterocycles. The fourth-order valence-electron chi connectivity index (χ4n) is 1.60. The second kappa shape index (κ2) is 4.86. The molecule has 0 spiro atoms. The lowest BCUT2D eigenvalue weighted by molar-refractivity contribution is 0.100. The molecule has 0 radical (unpaired) electrons. The smallest absolute Gasteiger partial charge is 0.125 e. The van der Waals surface area contributed by atoms with Crippen LogP contribution in [0.15, 0.2) is 23.1 Å². The van der Waals surface area contributed by atoms with Crippen molar-refractivity contribution >= 4 is 17.4 Å². The molecule has 1 aliphatic heterocycles. The number of nitrogens with two attached hydrogens (primary N) is 1. The topological polar surface area (TPSA) is 35.2 Å². The monoisotopic (exact) mass is 227 g/mol. The maximum atomic E-state index is 12.8. The van der Waals surface area contributed by atoms with Gasteiger partial charge in [-0.2, -0.15) is 0 Å². The van der Waals surface area contributed by atoms with Gasteiger partial charge >= 0.3 is 0 Å². The fraction of sp³-hybridized carbons (Fsp3) is 0.455. The second-order valence-electron chi connectivity index (χ2n) is 3.61. The van der Waals surface area contributed by atoms with Gasteiger partial charge in [-0.15, -0.1) is 11.8 Å². The van der Waals surface area contributed by atoms with Gasteiger partial charge in [0.1, 0.15) is 5.82 Å². The van der Waals surface area contributed by atoms with Gasteiger partial charge in [-0.1, -0.05) is 0 Å². The minimum atomic E-state index is -0.274. The molecule has 2 rings (SSSR count). The predicted octanol–water partition coefficient (Wildman–Crippen LogP) is 2.68. The lowest BCUT2D eigenvalue weighted by Gasteiger charge is -2.21. The number of ether oxygens (including phenoxy) is 1. The van der Waals surface area contributed by atoms with Crippen molar-refractivity contribution in [3.05, 3.63) is 24.0 Å². The van der Waals surface area contributed by atoms with Crippen LogP contribution in [0.1, 0.15) is 12.8 Å². The van der Waals surface area contributed by atoms with Crippen molar-refractivity contribution in [1.29, 1.82) is 0 Å². The molecule has 82 valence electrons. The normalized spacial score (nSPS) is 17.9. The summed E-state index contributed by atoms with van der Waals surface area (Å²) in [4.78, 5) is 0.975. The van der Waals surface area contributed by atoms with Gasteiger partial charge in [0.2, 0.25) is 0 Å². The molecular weight excluding hydrogens is 213 g/mol. The highest BCUT2D eigenvalue weighted by molar-refractivity contribution is 8.00. The molecule has 0 amide bonds. The molecule has 2 N–H and O–H groups in total. The molecule has 0 aromatic heterocycles. The number of hydrogen-bond donors (Lipinski definition) is 1. The summed E-state index contributed by atoms with van der Waals surface area (Å²) in [6.45, 7) is 1.64. The van der Waals surface area contributed by atoms with Crippen molar-refractivity contribution in [2.24, 2.45) is 0 Å². The molecule has 1 saturated heterocycles. The van der Waals surface area contributed by atoms with E-state index < -0.39 is 0 Å². The Morgan fingerprint density at radius 1 is 1.33 bits per heavy atom. The average molecular weight is 227 g/mol. The third-order valence-corrected chi connectivity index (χ3v) is 3.86. The van der Waals surface area contributed by atoms with Crippen molar-refractivity contribution in [2.45, 2.75) is 23.0 Å². The van der Waals surface area contributed by atoms with E-state index in [0.29, 0.717) is 10.9 Å². The molecule has 0 atom stereocenters. The average Bonchev–Trinajstić information content (AvgIpc) is 2.24. The lowest BCUT2D eigenvalue weighted by Crippen LogP contribution is -2.17. The summed E-state index contributed by atoms with van der Waals surface area (Å²) in [6, 6.07) is 4.59. The van der Waals surface area contributed by atoms with Crippen molar-refractivity contribution in [3.63, 3.8) is 0 Å². The Morgan fingerprint density at radius 3 is 2.73 bits per heavy atom. The molecular formula is C11H14FNOS. The molecule has 0 saturated carbocycles. The van der Waals surface area contributed by atoms with E-state index in [1.165, 1.54) is 12.1 Å². The van der Waals surface area contributed by atoms with Gasteiger partial charge in [0.25, 0.3) is 0 Å². The molecule has 4 heteroatoms. The maximum absolute atomic E-state index is 12.8. The van der Waals surface area contributed by atoms with E-state index >= 15 is 0 Å². The van der Waals surface area contributed by atoms with Gasteiger partial charge in [-0.25, -0.2) is 4.39 Å². The van der Waals surface area contributed by atoms with E-state index in [2.05, 4.69) is 0 Å². The van der Waals surface area contributed by atoms with E-state index in [1.54, 1.807) is 17.8 Å². The van der Waals surface area contributed by atoms with Gasteiger partial charge in [-0.3, -0.25) is 0 Å². The third kappa shape index (κ3) is 2.86. The van der Waals surface area contributed by atoms with Crippen LogP contribution < -0.4 is 5.73 Å². The Hall–Kier alpha value is -0.740. The molecule has 1 aromatic rings. The van der Waals surface area contributed by atoms with Crippen LogP contribution in [0.2, 0.25) is 0 Å². The molecule has 1 aliphatic rings. The van der Waals surface area contributed by atoms with Gasteiger partial charge in [0.15, 0.2) is 0 Å². The van der Waals surface area contributed by atoms with E-state index in [0.717, 1.165) is 31.0 Å². The molecule has 0 unspecified atom stereocenters. The number of anilines is 1. The maximum Gasteiger partial charge on any atom is 0.125 e. The Labute approximate surface area is 93.0 Å². The summed E-state index contributed by atoms with van der Waals surface area (Å²) < 4.78 is 18.1. The first-order valence-electron chi connectivity index (χ1n) is 5.05. The van der Waals surface area contributed by atoms with Gasteiger partial charge < -0.3 is 10.5 Å². The summed E-state index contributed by atoms with van der Waals surface area (Å²) in [5.74, 6) is -0.274. The van der Waals surface area contributed by atoms with E-state index in [4.69, 9.17) is 10.5 Å². The van der Waals surface area contributed by atoms with E-state index in [9.17, 15) is 4.39 Å². The van der Waals surface area contributed by atoms with Crippen LogP contribution in [-0.4, -0.2) is 18.5 Å². The number of halogens is 1. The zero-order valence-corrected chi connectivity index (χ0v) is 9.23. The minimum Gasteiger partial charge on any atom is -0.398 e. The zero-order chi connectivity index (χ0) is 10.7. The molecule has 2 nitrogen and oxygen atoms in total. The van der Waals surface area contributed by atoms with Crippen molar-refractivity contribution < 1.29 is 9.13 Å². The largest absolute Gasteiger partial charge is 0.398 e. The summed E-state index contributed by atoms with van der Waals surface area (Å²) in [6.07, 6.45) is 2.09. The lowest BCUT2D eigenvalue weighted by atomic mass is 10.2. The van der Waals surface area contributed by atoms with Crippen LogP contribution in [0.3, 0.4) is 0 Å². The molecule has 0 aliphatic carbocycles. The standard InChI is InChI=1S/C11H14FNOS/c12-8-1-2-11(10(13)7-8)15-9-3-5-14-6-4-9/h1-2,7,9H,3-6,13H2. The van der Waals surface area contributed by atoms with Gasteiger partial charge in [0.05, 0.1) is 0 Å². The van der Waals surface area contributed by atoms with Crippen LogP contribution >= 0.6 is 11.8 Å². The molecule has 1 fully saturated rings. The highest BCUT2D eigenvalue weighted by Gasteiger charge is 2.16. The van der Waals surface area contributed by atoms with Crippen molar-refractivity contribution in [3.8, 4) is 0 Å². The number of nitrogen functional groups attached to an aromatic ring is 1.